The zero-order valence-electron chi connectivity index (χ0n) is 15.1. The molecule has 0 radical (unpaired) electrons. The third-order valence-electron chi connectivity index (χ3n) is 4.04. The molecular formula is C19H24O5. The molecule has 0 saturated carbocycles. The highest BCUT2D eigenvalue weighted by Gasteiger charge is 2.25. The number of benzene rings is 2. The normalized spacial score (nSPS) is 10.2. The van der Waals surface area contributed by atoms with E-state index < -0.39 is 0 Å². The average molecular weight is 332 g/mol. The maximum atomic E-state index is 5.62. The molecule has 0 atom stereocenters. The Morgan fingerprint density at radius 1 is 0.625 bits per heavy atom. The van der Waals surface area contributed by atoms with Crippen molar-refractivity contribution in [3.05, 3.63) is 41.0 Å². The average Bonchev–Trinajstić information content (AvgIpc) is 2.62. The van der Waals surface area contributed by atoms with Gasteiger partial charge in [0.2, 0.25) is 11.5 Å². The van der Waals surface area contributed by atoms with E-state index in [1.807, 2.05) is 31.2 Å². The Kier molecular flexibility index (Phi) is 5.79. The van der Waals surface area contributed by atoms with Gasteiger partial charge >= 0.3 is 0 Å². The van der Waals surface area contributed by atoms with Crippen molar-refractivity contribution in [2.75, 3.05) is 35.5 Å². The molecule has 0 heterocycles. The third kappa shape index (κ3) is 3.20. The molecule has 0 bridgehead atoms. The van der Waals surface area contributed by atoms with Gasteiger partial charge in [0.15, 0.2) is 11.5 Å². The Morgan fingerprint density at radius 2 is 1.12 bits per heavy atom. The van der Waals surface area contributed by atoms with E-state index >= 15 is 0 Å². The number of ether oxygens (including phenoxy) is 5. The van der Waals surface area contributed by atoms with Crippen molar-refractivity contribution in [1.82, 2.24) is 0 Å². The molecule has 0 fully saturated rings. The quantitative estimate of drug-likeness (QED) is 0.775. The van der Waals surface area contributed by atoms with Crippen molar-refractivity contribution in [3.63, 3.8) is 0 Å². The van der Waals surface area contributed by atoms with E-state index in [1.54, 1.807) is 35.5 Å². The van der Waals surface area contributed by atoms with Crippen molar-refractivity contribution in [2.24, 2.45) is 0 Å². The Bertz CT molecular complexity index is 692. The minimum absolute atomic E-state index is 0.533. The monoisotopic (exact) mass is 332 g/mol. The van der Waals surface area contributed by atoms with Crippen LogP contribution in [0.25, 0.3) is 0 Å². The predicted octanol–water partition coefficient (Wildman–Crippen LogP) is 3.63. The zero-order chi connectivity index (χ0) is 17.7. The minimum atomic E-state index is 0.533. The SMILES string of the molecule is COc1ccc(Cc2c(C)c(OC)c(OC)c(OC)c2OC)cc1. The molecule has 5 heteroatoms. The molecule has 0 N–H and O–H groups in total. The highest BCUT2D eigenvalue weighted by Crippen LogP contribution is 2.49. The number of rotatable bonds is 7. The van der Waals surface area contributed by atoms with Gasteiger partial charge < -0.3 is 23.7 Å². The first-order valence-electron chi connectivity index (χ1n) is 7.59. The van der Waals surface area contributed by atoms with Gasteiger partial charge in [-0.05, 0) is 24.6 Å². The van der Waals surface area contributed by atoms with Gasteiger partial charge in [0.05, 0.1) is 35.5 Å². The lowest BCUT2D eigenvalue weighted by atomic mass is 9.97. The summed E-state index contributed by atoms with van der Waals surface area (Å²) in [4.78, 5) is 0. The highest BCUT2D eigenvalue weighted by atomic mass is 16.5. The van der Waals surface area contributed by atoms with Crippen LogP contribution in [0.1, 0.15) is 16.7 Å². The fourth-order valence-corrected chi connectivity index (χ4v) is 2.81. The maximum Gasteiger partial charge on any atom is 0.207 e. The van der Waals surface area contributed by atoms with Crippen molar-refractivity contribution in [3.8, 4) is 28.7 Å². The van der Waals surface area contributed by atoms with Crippen LogP contribution in [0, 0.1) is 6.92 Å². The number of hydrogen-bond donors (Lipinski definition) is 0. The Balaban J connectivity index is 2.58. The van der Waals surface area contributed by atoms with E-state index in [1.165, 1.54) is 0 Å². The van der Waals surface area contributed by atoms with Gasteiger partial charge in [-0.3, -0.25) is 0 Å². The van der Waals surface area contributed by atoms with Crippen LogP contribution in [0.15, 0.2) is 24.3 Å². The van der Waals surface area contributed by atoms with E-state index in [-0.39, 0.29) is 0 Å². The van der Waals surface area contributed by atoms with Gasteiger partial charge in [-0.15, -0.1) is 0 Å². The summed E-state index contributed by atoms with van der Waals surface area (Å²) in [5.41, 5.74) is 3.09. The van der Waals surface area contributed by atoms with Crippen molar-refractivity contribution >= 4 is 0 Å². The molecule has 24 heavy (non-hydrogen) atoms. The second-order valence-corrected chi connectivity index (χ2v) is 5.26. The standard InChI is InChI=1S/C19H24O5/c1-12-15(11-13-7-9-14(20-2)10-8-13)17(22-4)19(24-6)18(23-5)16(12)21-3/h7-10H,11H2,1-6H3. The molecule has 130 valence electrons. The fraction of sp³-hybridized carbons (Fsp3) is 0.368. The summed E-state index contributed by atoms with van der Waals surface area (Å²) in [5, 5.41) is 0. The fourth-order valence-electron chi connectivity index (χ4n) is 2.81. The summed E-state index contributed by atoms with van der Waals surface area (Å²) in [6.45, 7) is 1.99. The van der Waals surface area contributed by atoms with E-state index in [0.717, 1.165) is 22.4 Å². The number of methoxy groups -OCH3 is 5. The van der Waals surface area contributed by atoms with Gasteiger partial charge in [-0.2, -0.15) is 0 Å². The summed E-state index contributed by atoms with van der Waals surface area (Å²) in [5.74, 6) is 3.20. The minimum Gasteiger partial charge on any atom is -0.497 e. The summed E-state index contributed by atoms with van der Waals surface area (Å²) in [6, 6.07) is 7.94. The Morgan fingerprint density at radius 3 is 1.58 bits per heavy atom. The van der Waals surface area contributed by atoms with Crippen molar-refractivity contribution in [1.29, 1.82) is 0 Å². The molecule has 0 aliphatic rings. The van der Waals surface area contributed by atoms with Crippen LogP contribution in [0.4, 0.5) is 0 Å². The zero-order valence-corrected chi connectivity index (χ0v) is 15.1. The first-order valence-corrected chi connectivity index (χ1v) is 7.59. The van der Waals surface area contributed by atoms with Crippen LogP contribution in [0.5, 0.6) is 28.7 Å². The molecule has 0 amide bonds. The molecular weight excluding hydrogens is 308 g/mol. The summed E-state index contributed by atoms with van der Waals surface area (Å²) < 4.78 is 27.4. The molecule has 2 rings (SSSR count). The van der Waals surface area contributed by atoms with Gasteiger partial charge in [0.1, 0.15) is 5.75 Å². The van der Waals surface area contributed by atoms with E-state index in [9.17, 15) is 0 Å². The van der Waals surface area contributed by atoms with Crippen LogP contribution >= 0.6 is 0 Å². The van der Waals surface area contributed by atoms with E-state index in [2.05, 4.69) is 0 Å². The van der Waals surface area contributed by atoms with Crippen LogP contribution in [0.2, 0.25) is 0 Å². The highest BCUT2D eigenvalue weighted by molar-refractivity contribution is 5.67. The molecule has 2 aromatic carbocycles. The molecule has 2 aromatic rings. The summed E-state index contributed by atoms with van der Waals surface area (Å²) >= 11 is 0. The third-order valence-corrected chi connectivity index (χ3v) is 4.04. The van der Waals surface area contributed by atoms with Crippen LogP contribution in [-0.4, -0.2) is 35.5 Å². The molecule has 0 aliphatic heterocycles. The Labute approximate surface area is 143 Å². The van der Waals surface area contributed by atoms with Gasteiger partial charge in [-0.1, -0.05) is 12.1 Å². The lowest BCUT2D eigenvalue weighted by Gasteiger charge is -2.21. The van der Waals surface area contributed by atoms with Gasteiger partial charge in [0.25, 0.3) is 0 Å². The van der Waals surface area contributed by atoms with Crippen LogP contribution in [0.3, 0.4) is 0 Å². The van der Waals surface area contributed by atoms with Crippen LogP contribution < -0.4 is 23.7 Å². The first kappa shape index (κ1) is 17.8. The second-order valence-electron chi connectivity index (χ2n) is 5.26. The summed E-state index contributed by atoms with van der Waals surface area (Å²) in [7, 11) is 8.07. The second kappa shape index (κ2) is 7.81. The van der Waals surface area contributed by atoms with Crippen LogP contribution in [-0.2, 0) is 6.42 Å². The van der Waals surface area contributed by atoms with Crippen molar-refractivity contribution < 1.29 is 23.7 Å². The Hall–Kier alpha value is -2.56. The smallest absolute Gasteiger partial charge is 0.207 e. The maximum absolute atomic E-state index is 5.62. The van der Waals surface area contributed by atoms with Gasteiger partial charge in [-0.25, -0.2) is 0 Å². The molecule has 0 saturated heterocycles. The predicted molar refractivity (Wildman–Crippen MR) is 93.2 cm³/mol. The first-order chi connectivity index (χ1) is 11.6. The summed E-state index contributed by atoms with van der Waals surface area (Å²) in [6.07, 6.45) is 0.676. The molecule has 0 aliphatic carbocycles. The molecule has 0 unspecified atom stereocenters. The largest absolute Gasteiger partial charge is 0.497 e. The van der Waals surface area contributed by atoms with Crippen molar-refractivity contribution in [2.45, 2.75) is 13.3 Å². The van der Waals surface area contributed by atoms with E-state index in [4.69, 9.17) is 23.7 Å². The lowest BCUT2D eigenvalue weighted by molar-refractivity contribution is 0.302. The molecule has 5 nitrogen and oxygen atoms in total. The molecule has 0 aromatic heterocycles. The van der Waals surface area contributed by atoms with E-state index in [0.29, 0.717) is 29.4 Å². The lowest BCUT2D eigenvalue weighted by Crippen LogP contribution is -2.05. The molecule has 0 spiro atoms. The topological polar surface area (TPSA) is 46.2 Å². The number of hydrogen-bond acceptors (Lipinski definition) is 5. The van der Waals surface area contributed by atoms with Gasteiger partial charge in [0, 0.05) is 17.5 Å².